The molecule has 9 nitrogen and oxygen atoms in total. The van der Waals surface area contributed by atoms with Crippen LogP contribution in [0.5, 0.6) is 17.4 Å². The van der Waals surface area contributed by atoms with E-state index in [0.29, 0.717) is 31.7 Å². The van der Waals surface area contributed by atoms with E-state index in [1.165, 1.54) is 6.20 Å². The van der Waals surface area contributed by atoms with Crippen LogP contribution in [0.15, 0.2) is 41.5 Å². The normalized spacial score (nSPS) is 16.8. The lowest BCUT2D eigenvalue weighted by molar-refractivity contribution is 0.164. The Bertz CT molecular complexity index is 1170. The Labute approximate surface area is 192 Å². The zero-order valence-electron chi connectivity index (χ0n) is 18.8. The second-order valence-corrected chi connectivity index (χ2v) is 8.44. The van der Waals surface area contributed by atoms with E-state index in [1.54, 1.807) is 11.7 Å². The molecule has 0 saturated carbocycles. The van der Waals surface area contributed by atoms with E-state index in [1.807, 2.05) is 30.5 Å². The van der Waals surface area contributed by atoms with Crippen molar-refractivity contribution in [2.24, 2.45) is 0 Å². The second kappa shape index (κ2) is 9.76. The summed E-state index contributed by atoms with van der Waals surface area (Å²) in [6, 6.07) is 8.10. The quantitative estimate of drug-likeness (QED) is 0.582. The summed E-state index contributed by atoms with van der Waals surface area (Å²) >= 11 is 0. The van der Waals surface area contributed by atoms with Crippen LogP contribution in [-0.2, 0) is 13.1 Å². The molecule has 0 unspecified atom stereocenters. The van der Waals surface area contributed by atoms with Gasteiger partial charge < -0.3 is 29.0 Å². The largest absolute Gasteiger partial charge is 0.497 e. The van der Waals surface area contributed by atoms with Gasteiger partial charge in [0, 0.05) is 37.9 Å². The van der Waals surface area contributed by atoms with Gasteiger partial charge in [0.1, 0.15) is 19.0 Å². The van der Waals surface area contributed by atoms with E-state index in [4.69, 9.17) is 14.2 Å². The van der Waals surface area contributed by atoms with Crippen LogP contribution < -0.4 is 25.1 Å². The molecule has 1 fully saturated rings. The minimum absolute atomic E-state index is 0.0830. The molecule has 0 radical (unpaired) electrons. The van der Waals surface area contributed by atoms with Crippen LogP contribution in [0.2, 0.25) is 0 Å². The smallest absolute Gasteiger partial charge is 0.269 e. The number of fused-ring (bicyclic) bond motifs is 2. The molecule has 174 valence electrons. The predicted molar refractivity (Wildman–Crippen MR) is 124 cm³/mol. The Morgan fingerprint density at radius 1 is 1.09 bits per heavy atom. The number of piperidine rings is 1. The fraction of sp³-hybridized carbons (Fsp3) is 0.458. The van der Waals surface area contributed by atoms with Crippen molar-refractivity contribution < 1.29 is 14.2 Å². The van der Waals surface area contributed by atoms with Crippen molar-refractivity contribution in [2.45, 2.75) is 32.0 Å². The summed E-state index contributed by atoms with van der Waals surface area (Å²) in [5.74, 6) is 2.04. The van der Waals surface area contributed by atoms with Gasteiger partial charge in [0.15, 0.2) is 5.75 Å². The number of hydrogen-bond acceptors (Lipinski definition) is 8. The Kier molecular flexibility index (Phi) is 6.41. The number of nitrogens with zero attached hydrogens (tertiary/aromatic N) is 4. The molecule has 1 aromatic carbocycles. The molecule has 1 N–H and O–H groups in total. The Hall–Kier alpha value is -3.17. The van der Waals surface area contributed by atoms with Gasteiger partial charge in [0.2, 0.25) is 0 Å². The average molecular weight is 452 g/mol. The van der Waals surface area contributed by atoms with Crippen LogP contribution in [0.3, 0.4) is 0 Å². The first-order valence-electron chi connectivity index (χ1n) is 11.4. The minimum Gasteiger partial charge on any atom is -0.497 e. The topological polar surface area (TPSA) is 90.7 Å². The Balaban J connectivity index is 1.13. The SMILES string of the molecule is COc1ccc2ncc(=O)n(CCN3CCC(NCc4cnc5c(c4)OCCO5)CC3)c2c1. The highest BCUT2D eigenvalue weighted by Gasteiger charge is 2.20. The summed E-state index contributed by atoms with van der Waals surface area (Å²) in [5, 5.41) is 3.64. The maximum atomic E-state index is 12.5. The second-order valence-electron chi connectivity index (χ2n) is 8.44. The van der Waals surface area contributed by atoms with Crippen molar-refractivity contribution in [3.63, 3.8) is 0 Å². The first-order valence-corrected chi connectivity index (χ1v) is 11.4. The first kappa shape index (κ1) is 21.7. The lowest BCUT2D eigenvalue weighted by atomic mass is 10.0. The number of nitrogens with one attached hydrogen (secondary N) is 1. The minimum atomic E-state index is -0.0830. The van der Waals surface area contributed by atoms with E-state index in [2.05, 4.69) is 20.2 Å². The van der Waals surface area contributed by atoms with Crippen LogP contribution in [0.25, 0.3) is 11.0 Å². The number of methoxy groups -OCH3 is 1. The molecule has 2 aliphatic rings. The monoisotopic (exact) mass is 451 g/mol. The molecule has 4 heterocycles. The molecular formula is C24H29N5O4. The van der Waals surface area contributed by atoms with Gasteiger partial charge in [-0.15, -0.1) is 0 Å². The number of benzene rings is 1. The lowest BCUT2D eigenvalue weighted by Crippen LogP contribution is -2.43. The summed E-state index contributed by atoms with van der Waals surface area (Å²) in [6.45, 7) is 5.33. The first-order chi connectivity index (χ1) is 16.2. The maximum absolute atomic E-state index is 12.5. The van der Waals surface area contributed by atoms with E-state index in [0.717, 1.165) is 67.1 Å². The predicted octanol–water partition coefficient (Wildman–Crippen LogP) is 1.83. The van der Waals surface area contributed by atoms with E-state index < -0.39 is 0 Å². The van der Waals surface area contributed by atoms with Gasteiger partial charge in [-0.05, 0) is 49.7 Å². The number of ether oxygens (including phenoxy) is 3. The zero-order chi connectivity index (χ0) is 22.6. The zero-order valence-corrected chi connectivity index (χ0v) is 18.8. The van der Waals surface area contributed by atoms with Crippen LogP contribution in [-0.4, -0.2) is 65.4 Å². The maximum Gasteiger partial charge on any atom is 0.269 e. The molecule has 2 aromatic heterocycles. The highest BCUT2D eigenvalue weighted by Crippen LogP contribution is 2.28. The van der Waals surface area contributed by atoms with Crippen molar-refractivity contribution in [3.8, 4) is 17.4 Å². The summed E-state index contributed by atoms with van der Waals surface area (Å²) in [6.07, 6.45) is 5.38. The highest BCUT2D eigenvalue weighted by molar-refractivity contribution is 5.76. The molecule has 9 heteroatoms. The van der Waals surface area contributed by atoms with Crippen molar-refractivity contribution in [2.75, 3.05) is 40.0 Å². The van der Waals surface area contributed by atoms with Crippen LogP contribution in [0, 0.1) is 0 Å². The number of likely N-dealkylation sites (tertiary alicyclic amines) is 1. The fourth-order valence-electron chi connectivity index (χ4n) is 4.43. The average Bonchev–Trinajstić information content (AvgIpc) is 2.87. The van der Waals surface area contributed by atoms with Crippen molar-refractivity contribution in [3.05, 3.63) is 52.6 Å². The molecule has 0 spiro atoms. The van der Waals surface area contributed by atoms with E-state index >= 15 is 0 Å². The van der Waals surface area contributed by atoms with E-state index in [9.17, 15) is 4.79 Å². The lowest BCUT2D eigenvalue weighted by Gasteiger charge is -2.32. The summed E-state index contributed by atoms with van der Waals surface area (Å²) in [4.78, 5) is 23.5. The molecule has 2 aliphatic heterocycles. The Morgan fingerprint density at radius 2 is 1.94 bits per heavy atom. The van der Waals surface area contributed by atoms with Gasteiger partial charge in [-0.2, -0.15) is 0 Å². The van der Waals surface area contributed by atoms with E-state index in [-0.39, 0.29) is 5.56 Å². The molecule has 33 heavy (non-hydrogen) atoms. The molecule has 0 aliphatic carbocycles. The molecule has 0 atom stereocenters. The number of aromatic nitrogens is 3. The summed E-state index contributed by atoms with van der Waals surface area (Å²) < 4.78 is 18.2. The van der Waals surface area contributed by atoms with Gasteiger partial charge in [-0.25, -0.2) is 9.97 Å². The van der Waals surface area contributed by atoms with Crippen LogP contribution in [0.1, 0.15) is 18.4 Å². The number of rotatable bonds is 7. The van der Waals surface area contributed by atoms with Crippen molar-refractivity contribution in [1.29, 1.82) is 0 Å². The standard InChI is InChI=1S/C24H29N5O4/c1-31-19-2-3-20-21(13-19)29(23(30)16-26-20)9-8-28-6-4-18(5-7-28)25-14-17-12-22-24(27-15-17)33-11-10-32-22/h2-3,12-13,15-16,18,25H,4-11,14H2,1H3. The van der Waals surface area contributed by atoms with Gasteiger partial charge >= 0.3 is 0 Å². The molecule has 0 amide bonds. The van der Waals surface area contributed by atoms with Crippen molar-refractivity contribution >= 4 is 11.0 Å². The Morgan fingerprint density at radius 3 is 2.79 bits per heavy atom. The fourth-order valence-corrected chi connectivity index (χ4v) is 4.43. The third-order valence-electron chi connectivity index (χ3n) is 6.33. The van der Waals surface area contributed by atoms with Crippen LogP contribution in [0.4, 0.5) is 0 Å². The van der Waals surface area contributed by atoms with Gasteiger partial charge in [0.05, 0.1) is 24.3 Å². The third kappa shape index (κ3) is 4.94. The summed E-state index contributed by atoms with van der Waals surface area (Å²) in [7, 11) is 1.63. The van der Waals surface area contributed by atoms with Crippen molar-refractivity contribution in [1.82, 2.24) is 24.8 Å². The number of pyridine rings is 1. The van der Waals surface area contributed by atoms with Crippen LogP contribution >= 0.6 is 0 Å². The van der Waals surface area contributed by atoms with Gasteiger partial charge in [-0.3, -0.25) is 4.79 Å². The molecule has 1 saturated heterocycles. The van der Waals surface area contributed by atoms with Gasteiger partial charge in [0.25, 0.3) is 11.4 Å². The molecule has 5 rings (SSSR count). The van der Waals surface area contributed by atoms with Gasteiger partial charge in [-0.1, -0.05) is 0 Å². The summed E-state index contributed by atoms with van der Waals surface area (Å²) in [5.41, 5.74) is 2.62. The molecule has 0 bridgehead atoms. The number of hydrogen-bond donors (Lipinski definition) is 1. The molecular weight excluding hydrogens is 422 g/mol. The molecule has 3 aromatic rings. The highest BCUT2D eigenvalue weighted by atomic mass is 16.6. The third-order valence-corrected chi connectivity index (χ3v) is 6.33.